The van der Waals surface area contributed by atoms with E-state index in [2.05, 4.69) is 36.1 Å². The SMILES string of the molecule is O=c1ccc(-c2nc3c(Br)cccc3[nH]2)n[nH]1. The van der Waals surface area contributed by atoms with Crippen LogP contribution in [0.15, 0.2) is 39.6 Å². The van der Waals surface area contributed by atoms with Crippen molar-refractivity contribution in [2.24, 2.45) is 0 Å². The first-order valence-corrected chi connectivity index (χ1v) is 5.74. The minimum absolute atomic E-state index is 0.231. The first-order chi connectivity index (χ1) is 8.24. The Kier molecular flexibility index (Phi) is 2.29. The van der Waals surface area contributed by atoms with Crippen LogP contribution in [0.25, 0.3) is 22.6 Å². The van der Waals surface area contributed by atoms with Gasteiger partial charge in [0, 0.05) is 10.5 Å². The van der Waals surface area contributed by atoms with Crippen LogP contribution in [0.1, 0.15) is 0 Å². The van der Waals surface area contributed by atoms with Gasteiger partial charge in [-0.15, -0.1) is 0 Å². The number of fused-ring (bicyclic) bond motifs is 1. The van der Waals surface area contributed by atoms with Crippen LogP contribution in [0.3, 0.4) is 0 Å². The lowest BCUT2D eigenvalue weighted by molar-refractivity contribution is 0.985. The van der Waals surface area contributed by atoms with Crippen molar-refractivity contribution in [3.05, 3.63) is 45.2 Å². The molecule has 0 fully saturated rings. The summed E-state index contributed by atoms with van der Waals surface area (Å²) in [5.74, 6) is 0.628. The predicted octanol–water partition coefficient (Wildman–Crippen LogP) is 2.08. The fourth-order valence-electron chi connectivity index (χ4n) is 1.59. The Bertz CT molecular complexity index is 726. The van der Waals surface area contributed by atoms with E-state index in [-0.39, 0.29) is 5.56 Å². The molecule has 0 aliphatic carbocycles. The van der Waals surface area contributed by atoms with Gasteiger partial charge in [0.2, 0.25) is 0 Å². The zero-order chi connectivity index (χ0) is 11.8. The molecule has 0 atom stereocenters. The van der Waals surface area contributed by atoms with E-state index in [9.17, 15) is 4.79 Å². The lowest BCUT2D eigenvalue weighted by Gasteiger charge is -1.91. The molecule has 2 aromatic heterocycles. The Hall–Kier alpha value is -1.95. The molecule has 0 aliphatic heterocycles. The number of halogens is 1. The molecule has 2 heterocycles. The van der Waals surface area contributed by atoms with Crippen LogP contribution in [0.5, 0.6) is 0 Å². The van der Waals surface area contributed by atoms with Crippen LogP contribution in [0, 0.1) is 0 Å². The number of hydrogen-bond donors (Lipinski definition) is 2. The van der Waals surface area contributed by atoms with E-state index in [0.29, 0.717) is 11.5 Å². The van der Waals surface area contributed by atoms with E-state index < -0.39 is 0 Å². The van der Waals surface area contributed by atoms with Gasteiger partial charge in [-0.3, -0.25) is 4.79 Å². The third kappa shape index (κ3) is 1.76. The van der Waals surface area contributed by atoms with Crippen LogP contribution in [-0.2, 0) is 0 Å². The van der Waals surface area contributed by atoms with E-state index in [1.807, 2.05) is 18.2 Å². The maximum atomic E-state index is 10.9. The van der Waals surface area contributed by atoms with Gasteiger partial charge in [-0.05, 0) is 34.1 Å². The molecule has 0 saturated carbocycles. The van der Waals surface area contributed by atoms with E-state index >= 15 is 0 Å². The molecule has 0 unspecified atom stereocenters. The van der Waals surface area contributed by atoms with Gasteiger partial charge in [0.1, 0.15) is 11.2 Å². The molecule has 5 nitrogen and oxygen atoms in total. The average Bonchev–Trinajstić information content (AvgIpc) is 2.75. The molecule has 0 aliphatic rings. The van der Waals surface area contributed by atoms with Crippen molar-refractivity contribution in [1.29, 1.82) is 0 Å². The highest BCUT2D eigenvalue weighted by Gasteiger charge is 2.08. The Morgan fingerprint density at radius 2 is 2.06 bits per heavy atom. The number of nitrogens with zero attached hydrogens (tertiary/aromatic N) is 2. The highest BCUT2D eigenvalue weighted by Crippen LogP contribution is 2.24. The van der Waals surface area contributed by atoms with Gasteiger partial charge in [0.15, 0.2) is 5.82 Å². The fraction of sp³-hybridized carbons (Fsp3) is 0. The molecule has 3 rings (SSSR count). The monoisotopic (exact) mass is 290 g/mol. The number of nitrogens with one attached hydrogen (secondary N) is 2. The minimum Gasteiger partial charge on any atom is -0.337 e. The molecular formula is C11H7BrN4O. The number of benzene rings is 1. The molecule has 3 aromatic rings. The summed E-state index contributed by atoms with van der Waals surface area (Å²) in [5, 5.41) is 6.31. The van der Waals surface area contributed by atoms with Crippen molar-refractivity contribution in [3.63, 3.8) is 0 Å². The number of hydrogen-bond acceptors (Lipinski definition) is 3. The smallest absolute Gasteiger partial charge is 0.264 e. The third-order valence-electron chi connectivity index (χ3n) is 2.39. The molecule has 0 radical (unpaired) electrons. The molecule has 84 valence electrons. The second-order valence-corrected chi connectivity index (χ2v) is 4.38. The van der Waals surface area contributed by atoms with Crippen molar-refractivity contribution >= 4 is 27.0 Å². The average molecular weight is 291 g/mol. The standard InChI is InChI=1S/C11H7BrN4O/c12-6-2-1-3-7-10(6)14-11(13-7)8-4-5-9(17)16-15-8/h1-5H,(H,13,14)(H,16,17). The van der Waals surface area contributed by atoms with Gasteiger partial charge >= 0.3 is 0 Å². The molecule has 17 heavy (non-hydrogen) atoms. The molecule has 2 N–H and O–H groups in total. The van der Waals surface area contributed by atoms with Gasteiger partial charge in [-0.25, -0.2) is 10.1 Å². The molecular weight excluding hydrogens is 284 g/mol. The molecule has 0 amide bonds. The lowest BCUT2D eigenvalue weighted by Crippen LogP contribution is -2.05. The van der Waals surface area contributed by atoms with E-state index in [1.165, 1.54) is 6.07 Å². The highest BCUT2D eigenvalue weighted by atomic mass is 79.9. The van der Waals surface area contributed by atoms with Crippen molar-refractivity contribution < 1.29 is 0 Å². The number of para-hydroxylation sites is 1. The Labute approximate surface area is 104 Å². The number of rotatable bonds is 1. The normalized spacial score (nSPS) is 10.9. The fourth-order valence-corrected chi connectivity index (χ4v) is 2.05. The number of aromatic amines is 2. The summed E-state index contributed by atoms with van der Waals surface area (Å²) >= 11 is 3.43. The van der Waals surface area contributed by atoms with Gasteiger partial charge in [-0.2, -0.15) is 5.10 Å². The summed E-state index contributed by atoms with van der Waals surface area (Å²) in [6.45, 7) is 0. The largest absolute Gasteiger partial charge is 0.337 e. The second-order valence-electron chi connectivity index (χ2n) is 3.53. The summed E-state index contributed by atoms with van der Waals surface area (Å²) in [5.41, 5.74) is 2.14. The quantitative estimate of drug-likeness (QED) is 0.720. The van der Waals surface area contributed by atoms with Crippen LogP contribution in [-0.4, -0.2) is 20.2 Å². The Morgan fingerprint density at radius 3 is 2.76 bits per heavy atom. The highest BCUT2D eigenvalue weighted by molar-refractivity contribution is 9.10. The summed E-state index contributed by atoms with van der Waals surface area (Å²) < 4.78 is 0.918. The number of H-pyrrole nitrogens is 2. The molecule has 6 heteroatoms. The Balaban J connectivity index is 2.21. The van der Waals surface area contributed by atoms with Crippen LogP contribution < -0.4 is 5.56 Å². The number of imidazole rings is 1. The Morgan fingerprint density at radius 1 is 1.18 bits per heavy atom. The summed E-state index contributed by atoms with van der Waals surface area (Å²) in [6.07, 6.45) is 0. The van der Waals surface area contributed by atoms with Crippen LogP contribution in [0.4, 0.5) is 0 Å². The third-order valence-corrected chi connectivity index (χ3v) is 3.03. The zero-order valence-electron chi connectivity index (χ0n) is 8.57. The van der Waals surface area contributed by atoms with Crippen molar-refractivity contribution in [2.75, 3.05) is 0 Å². The summed E-state index contributed by atoms with van der Waals surface area (Å²) in [6, 6.07) is 8.83. The first-order valence-electron chi connectivity index (χ1n) is 4.94. The lowest BCUT2D eigenvalue weighted by atomic mass is 10.3. The van der Waals surface area contributed by atoms with E-state index in [0.717, 1.165) is 15.5 Å². The molecule has 0 saturated heterocycles. The summed E-state index contributed by atoms with van der Waals surface area (Å²) in [7, 11) is 0. The molecule has 1 aromatic carbocycles. The first kappa shape index (κ1) is 10.2. The van der Waals surface area contributed by atoms with Crippen molar-refractivity contribution in [3.8, 4) is 11.5 Å². The maximum absolute atomic E-state index is 10.9. The van der Waals surface area contributed by atoms with E-state index in [4.69, 9.17) is 0 Å². The van der Waals surface area contributed by atoms with Crippen molar-refractivity contribution in [1.82, 2.24) is 20.2 Å². The van der Waals surface area contributed by atoms with Crippen LogP contribution >= 0.6 is 15.9 Å². The topological polar surface area (TPSA) is 74.4 Å². The van der Waals surface area contributed by atoms with Gasteiger partial charge in [0.25, 0.3) is 5.56 Å². The van der Waals surface area contributed by atoms with Crippen LogP contribution in [0.2, 0.25) is 0 Å². The maximum Gasteiger partial charge on any atom is 0.264 e. The second kappa shape index (κ2) is 3.81. The van der Waals surface area contributed by atoms with Gasteiger partial charge in [-0.1, -0.05) is 6.07 Å². The number of aromatic nitrogens is 4. The van der Waals surface area contributed by atoms with Gasteiger partial charge < -0.3 is 4.98 Å². The predicted molar refractivity (Wildman–Crippen MR) is 67.6 cm³/mol. The van der Waals surface area contributed by atoms with Crippen molar-refractivity contribution in [2.45, 2.75) is 0 Å². The minimum atomic E-state index is -0.231. The van der Waals surface area contributed by atoms with E-state index in [1.54, 1.807) is 6.07 Å². The summed E-state index contributed by atoms with van der Waals surface area (Å²) in [4.78, 5) is 18.5. The molecule has 0 spiro atoms. The molecule has 0 bridgehead atoms. The zero-order valence-corrected chi connectivity index (χ0v) is 10.2. The van der Waals surface area contributed by atoms with Gasteiger partial charge in [0.05, 0.1) is 5.52 Å².